The second-order valence-corrected chi connectivity index (χ2v) is 9.97. The Morgan fingerprint density at radius 2 is 1.81 bits per heavy atom. The molecule has 0 saturated heterocycles. The molecule has 4 aromatic rings. The van der Waals surface area contributed by atoms with Gasteiger partial charge < -0.3 is 4.42 Å². The van der Waals surface area contributed by atoms with Gasteiger partial charge in [-0.2, -0.15) is 0 Å². The predicted octanol–water partition coefficient (Wildman–Crippen LogP) is 6.39. The van der Waals surface area contributed by atoms with Gasteiger partial charge in [-0.15, -0.1) is 11.3 Å². The Hall–Kier alpha value is -2.96. The van der Waals surface area contributed by atoms with Crippen molar-refractivity contribution >= 4 is 44.9 Å². The fraction of sp³-hybridized carbons (Fsp3) is 0.240. The van der Waals surface area contributed by atoms with Gasteiger partial charge in [-0.05, 0) is 49.1 Å². The molecule has 3 heterocycles. The van der Waals surface area contributed by atoms with Crippen LogP contribution in [0, 0.1) is 13.8 Å². The molecule has 0 fully saturated rings. The Morgan fingerprint density at radius 1 is 1.09 bits per heavy atom. The maximum absolute atomic E-state index is 13.6. The summed E-state index contributed by atoms with van der Waals surface area (Å²) < 4.78 is 5.98. The van der Waals surface area contributed by atoms with Gasteiger partial charge in [-0.3, -0.25) is 14.5 Å². The second kappa shape index (κ2) is 7.57. The van der Waals surface area contributed by atoms with E-state index in [1.807, 2.05) is 38.1 Å². The van der Waals surface area contributed by atoms with E-state index in [1.165, 1.54) is 16.9 Å². The van der Waals surface area contributed by atoms with Crippen LogP contribution in [0.4, 0.5) is 5.13 Å². The summed E-state index contributed by atoms with van der Waals surface area (Å²) in [6, 6.07) is 12.3. The first-order valence-electron chi connectivity index (χ1n) is 10.4. The van der Waals surface area contributed by atoms with E-state index in [-0.39, 0.29) is 17.1 Å². The van der Waals surface area contributed by atoms with E-state index in [1.54, 1.807) is 23.1 Å². The Morgan fingerprint density at radius 3 is 2.44 bits per heavy atom. The van der Waals surface area contributed by atoms with Crippen LogP contribution < -0.4 is 10.3 Å². The Bertz CT molecular complexity index is 1420. The van der Waals surface area contributed by atoms with E-state index in [2.05, 4.69) is 18.8 Å². The first-order valence-corrected chi connectivity index (χ1v) is 11.6. The molecule has 7 heteroatoms. The minimum Gasteiger partial charge on any atom is -0.450 e. The molecule has 1 amide bonds. The molecule has 5 nitrogen and oxygen atoms in total. The molecule has 1 unspecified atom stereocenters. The highest BCUT2D eigenvalue weighted by atomic mass is 35.5. The highest BCUT2D eigenvalue weighted by Crippen LogP contribution is 2.43. The molecule has 0 radical (unpaired) electrons. The fourth-order valence-electron chi connectivity index (χ4n) is 4.08. The zero-order valence-electron chi connectivity index (χ0n) is 18.1. The number of nitrogens with zero attached hydrogens (tertiary/aromatic N) is 2. The predicted molar refractivity (Wildman–Crippen MR) is 128 cm³/mol. The number of hydrogen-bond donors (Lipinski definition) is 0. The quantitative estimate of drug-likeness (QED) is 0.352. The highest BCUT2D eigenvalue weighted by molar-refractivity contribution is 7.15. The summed E-state index contributed by atoms with van der Waals surface area (Å²) in [6.45, 7) is 8.13. The number of benzene rings is 2. The molecule has 0 N–H and O–H groups in total. The summed E-state index contributed by atoms with van der Waals surface area (Å²) in [5.74, 6) is 0.0759. The molecule has 32 heavy (non-hydrogen) atoms. The van der Waals surface area contributed by atoms with Crippen LogP contribution in [0.1, 0.15) is 63.6 Å². The smallest absolute Gasteiger partial charge is 0.297 e. The number of hydrogen-bond acceptors (Lipinski definition) is 5. The van der Waals surface area contributed by atoms with Crippen LogP contribution in [0.15, 0.2) is 51.7 Å². The Balaban J connectivity index is 1.79. The fourth-order valence-corrected chi connectivity index (χ4v) is 5.19. The van der Waals surface area contributed by atoms with Crippen LogP contribution in [-0.2, 0) is 0 Å². The molecule has 0 bridgehead atoms. The minimum absolute atomic E-state index is 0.0632. The first-order chi connectivity index (χ1) is 15.3. The summed E-state index contributed by atoms with van der Waals surface area (Å²) in [7, 11) is 0. The largest absolute Gasteiger partial charge is 0.450 e. The zero-order valence-corrected chi connectivity index (χ0v) is 19.7. The van der Waals surface area contributed by atoms with Crippen LogP contribution in [0.5, 0.6) is 0 Å². The van der Waals surface area contributed by atoms with Gasteiger partial charge in [0.05, 0.1) is 22.7 Å². The van der Waals surface area contributed by atoms with E-state index in [0.717, 1.165) is 16.1 Å². The molecule has 162 valence electrons. The number of carbonyl (C=O) groups excluding carboxylic acids is 1. The molecular formula is C25H21ClN2O3S. The third kappa shape index (κ3) is 3.17. The summed E-state index contributed by atoms with van der Waals surface area (Å²) in [5, 5.41) is 1.35. The monoisotopic (exact) mass is 464 g/mol. The summed E-state index contributed by atoms with van der Waals surface area (Å²) in [5.41, 5.74) is 3.30. The summed E-state index contributed by atoms with van der Waals surface area (Å²) >= 11 is 7.58. The number of rotatable bonds is 3. The molecule has 5 rings (SSSR count). The average molecular weight is 465 g/mol. The van der Waals surface area contributed by atoms with Gasteiger partial charge in [0, 0.05) is 9.90 Å². The number of anilines is 1. The number of thiazole rings is 1. The summed E-state index contributed by atoms with van der Waals surface area (Å²) in [4.78, 5) is 34.4. The SMILES string of the molecule is Cc1nc(N2C(=O)c3oc4ccc(Cl)cc4c(=O)c3C2c2ccc(C(C)C)cc2)sc1C. The van der Waals surface area contributed by atoms with Crippen molar-refractivity contribution in [1.82, 2.24) is 4.98 Å². The molecule has 0 saturated carbocycles. The number of halogens is 1. The van der Waals surface area contributed by atoms with Gasteiger partial charge in [0.15, 0.2) is 10.6 Å². The van der Waals surface area contributed by atoms with E-state index < -0.39 is 6.04 Å². The minimum atomic E-state index is -0.622. The lowest BCUT2D eigenvalue weighted by atomic mass is 9.95. The maximum atomic E-state index is 13.6. The highest BCUT2D eigenvalue weighted by Gasteiger charge is 2.45. The van der Waals surface area contributed by atoms with Gasteiger partial charge in [-0.1, -0.05) is 49.7 Å². The lowest BCUT2D eigenvalue weighted by Gasteiger charge is -2.23. The Kier molecular flexibility index (Phi) is 4.95. The van der Waals surface area contributed by atoms with Crippen LogP contribution in [0.2, 0.25) is 5.02 Å². The normalized spacial score (nSPS) is 15.8. The molecule has 2 aromatic carbocycles. The van der Waals surface area contributed by atoms with Gasteiger partial charge >= 0.3 is 0 Å². The topological polar surface area (TPSA) is 63.4 Å². The van der Waals surface area contributed by atoms with Gasteiger partial charge in [0.25, 0.3) is 5.91 Å². The van der Waals surface area contributed by atoms with Crippen molar-refractivity contribution in [3.05, 3.63) is 90.7 Å². The van der Waals surface area contributed by atoms with Crippen molar-refractivity contribution in [2.24, 2.45) is 0 Å². The summed E-state index contributed by atoms with van der Waals surface area (Å²) in [6.07, 6.45) is 0. The van der Waals surface area contributed by atoms with Crippen molar-refractivity contribution in [1.29, 1.82) is 0 Å². The molecule has 1 atom stereocenters. The van der Waals surface area contributed by atoms with Crippen LogP contribution in [0.3, 0.4) is 0 Å². The molecule has 1 aliphatic rings. The third-order valence-electron chi connectivity index (χ3n) is 5.97. The van der Waals surface area contributed by atoms with E-state index in [9.17, 15) is 9.59 Å². The standard InChI is InChI=1S/C25H21ClN2O3S/c1-12(2)15-5-7-16(8-6-15)21-20-22(29)18-11-17(26)9-10-19(18)31-23(20)24(30)28(21)25-27-13(3)14(4)32-25/h5-12,21H,1-4H3. The van der Waals surface area contributed by atoms with Crippen LogP contribution in [-0.4, -0.2) is 10.9 Å². The molecular weight excluding hydrogens is 444 g/mol. The first kappa shape index (κ1) is 20.9. The maximum Gasteiger partial charge on any atom is 0.297 e. The van der Waals surface area contributed by atoms with Crippen LogP contribution in [0.25, 0.3) is 11.0 Å². The molecule has 1 aliphatic heterocycles. The lowest BCUT2D eigenvalue weighted by Crippen LogP contribution is -2.29. The average Bonchev–Trinajstić information content (AvgIpc) is 3.25. The Labute approximate surface area is 194 Å². The van der Waals surface area contributed by atoms with Crippen molar-refractivity contribution in [2.75, 3.05) is 4.90 Å². The van der Waals surface area contributed by atoms with Crippen molar-refractivity contribution in [2.45, 2.75) is 39.7 Å². The number of aryl methyl sites for hydroxylation is 2. The molecule has 0 aliphatic carbocycles. The third-order valence-corrected chi connectivity index (χ3v) is 7.28. The van der Waals surface area contributed by atoms with Crippen LogP contribution >= 0.6 is 22.9 Å². The molecule has 0 spiro atoms. The van der Waals surface area contributed by atoms with Gasteiger partial charge in [0.2, 0.25) is 5.76 Å². The number of amides is 1. The second-order valence-electron chi connectivity index (χ2n) is 8.35. The number of aromatic nitrogens is 1. The van der Waals surface area contributed by atoms with Gasteiger partial charge in [0.1, 0.15) is 5.58 Å². The van der Waals surface area contributed by atoms with Crippen molar-refractivity contribution in [3.8, 4) is 0 Å². The van der Waals surface area contributed by atoms with Crippen molar-refractivity contribution < 1.29 is 9.21 Å². The lowest BCUT2D eigenvalue weighted by molar-refractivity contribution is 0.0971. The molecule has 2 aromatic heterocycles. The number of fused-ring (bicyclic) bond motifs is 2. The van der Waals surface area contributed by atoms with Crippen molar-refractivity contribution in [3.63, 3.8) is 0 Å². The number of carbonyl (C=O) groups is 1. The van der Waals surface area contributed by atoms with E-state index in [4.69, 9.17) is 16.0 Å². The van der Waals surface area contributed by atoms with E-state index in [0.29, 0.717) is 32.6 Å². The zero-order chi connectivity index (χ0) is 22.7. The van der Waals surface area contributed by atoms with Gasteiger partial charge in [-0.25, -0.2) is 4.98 Å². The van der Waals surface area contributed by atoms with E-state index >= 15 is 0 Å².